The molecule has 1 N–H and O–H groups in total. The fourth-order valence-electron chi connectivity index (χ4n) is 2.39. The van der Waals surface area contributed by atoms with Crippen LogP contribution in [0.3, 0.4) is 0 Å². The smallest absolute Gasteiger partial charge is 0.262 e. The molecule has 0 aliphatic heterocycles. The molecule has 5 nitrogen and oxygen atoms in total. The normalized spacial score (nSPS) is 10.4. The Bertz CT molecular complexity index is 955. The highest BCUT2D eigenvalue weighted by Crippen LogP contribution is 2.22. The lowest BCUT2D eigenvalue weighted by Gasteiger charge is -2.13. The fraction of sp³-hybridized carbons (Fsp3) is 0.0526. The summed E-state index contributed by atoms with van der Waals surface area (Å²) >= 11 is 5.76. The van der Waals surface area contributed by atoms with Crippen LogP contribution in [0.5, 0.6) is 5.75 Å². The van der Waals surface area contributed by atoms with Crippen molar-refractivity contribution in [3.8, 4) is 5.75 Å². The van der Waals surface area contributed by atoms with Crippen molar-refractivity contribution < 1.29 is 19.4 Å². The lowest BCUT2D eigenvalue weighted by Crippen LogP contribution is -2.26. The highest BCUT2D eigenvalue weighted by atomic mass is 35.5. The standard InChI is InChI=1S/C19H14ClNO4/c20-14-6-8-17(16(10-14)19(23)24)21-18(22)11-25-15-7-5-12-3-1-2-4-13(12)9-15/h1-10H,11H2,(H,21,22)(H,23,24)/p-1. The molecule has 0 fully saturated rings. The predicted molar refractivity (Wildman–Crippen MR) is 93.9 cm³/mol. The molecule has 0 aliphatic carbocycles. The topological polar surface area (TPSA) is 78.5 Å². The predicted octanol–water partition coefficient (Wildman–Crippen LogP) is 2.87. The third-order valence-electron chi connectivity index (χ3n) is 3.57. The minimum atomic E-state index is -1.42. The van der Waals surface area contributed by atoms with E-state index < -0.39 is 11.9 Å². The molecule has 0 spiro atoms. The second-order valence-electron chi connectivity index (χ2n) is 5.32. The number of carbonyl (C=O) groups excluding carboxylic acids is 2. The number of hydrogen-bond acceptors (Lipinski definition) is 4. The number of carboxylic acids is 1. The van der Waals surface area contributed by atoms with Crippen molar-refractivity contribution in [2.45, 2.75) is 0 Å². The van der Waals surface area contributed by atoms with Crippen LogP contribution >= 0.6 is 11.6 Å². The molecule has 0 bridgehead atoms. The largest absolute Gasteiger partial charge is 0.545 e. The molecule has 0 radical (unpaired) electrons. The second-order valence-corrected chi connectivity index (χ2v) is 5.76. The van der Waals surface area contributed by atoms with Crippen molar-refractivity contribution in [2.24, 2.45) is 0 Å². The summed E-state index contributed by atoms with van der Waals surface area (Å²) in [5.74, 6) is -1.36. The van der Waals surface area contributed by atoms with Gasteiger partial charge in [-0.05, 0) is 41.1 Å². The van der Waals surface area contributed by atoms with E-state index in [0.29, 0.717) is 5.75 Å². The van der Waals surface area contributed by atoms with Gasteiger partial charge in [0.1, 0.15) is 5.75 Å². The van der Waals surface area contributed by atoms with Gasteiger partial charge in [-0.2, -0.15) is 0 Å². The zero-order chi connectivity index (χ0) is 17.8. The number of benzene rings is 3. The summed E-state index contributed by atoms with van der Waals surface area (Å²) < 4.78 is 5.47. The van der Waals surface area contributed by atoms with Crippen molar-refractivity contribution in [3.63, 3.8) is 0 Å². The Balaban J connectivity index is 1.67. The molecule has 0 aliphatic rings. The molecule has 3 aromatic carbocycles. The summed E-state index contributed by atoms with van der Waals surface area (Å²) in [7, 11) is 0. The number of rotatable bonds is 5. The van der Waals surface area contributed by atoms with Crippen LogP contribution < -0.4 is 15.2 Å². The average Bonchev–Trinajstić information content (AvgIpc) is 2.61. The average molecular weight is 355 g/mol. The van der Waals surface area contributed by atoms with Crippen molar-refractivity contribution in [1.29, 1.82) is 0 Å². The third kappa shape index (κ3) is 4.08. The Labute approximate surface area is 148 Å². The maximum absolute atomic E-state index is 12.0. The summed E-state index contributed by atoms with van der Waals surface area (Å²) in [6, 6.07) is 17.4. The number of anilines is 1. The summed E-state index contributed by atoms with van der Waals surface area (Å²) in [5, 5.41) is 15.9. The lowest BCUT2D eigenvalue weighted by atomic mass is 10.1. The Kier molecular flexibility index (Phi) is 4.86. The zero-order valence-electron chi connectivity index (χ0n) is 13.0. The van der Waals surface area contributed by atoms with E-state index in [1.807, 2.05) is 36.4 Å². The third-order valence-corrected chi connectivity index (χ3v) is 3.80. The maximum Gasteiger partial charge on any atom is 0.262 e. The van der Waals surface area contributed by atoms with Crippen molar-refractivity contribution in [3.05, 3.63) is 71.2 Å². The first-order valence-electron chi connectivity index (χ1n) is 7.45. The summed E-state index contributed by atoms with van der Waals surface area (Å²) in [6.07, 6.45) is 0. The molecule has 0 atom stereocenters. The number of amides is 1. The highest BCUT2D eigenvalue weighted by molar-refractivity contribution is 6.31. The summed E-state index contributed by atoms with van der Waals surface area (Å²) in [6.45, 7) is -0.256. The summed E-state index contributed by atoms with van der Waals surface area (Å²) in [5.41, 5.74) is -0.0805. The van der Waals surface area contributed by atoms with Crippen molar-refractivity contribution in [2.75, 3.05) is 11.9 Å². The van der Waals surface area contributed by atoms with E-state index >= 15 is 0 Å². The molecule has 0 heterocycles. The van der Waals surface area contributed by atoms with E-state index in [1.165, 1.54) is 18.2 Å². The second kappa shape index (κ2) is 7.23. The molecular formula is C19H13ClNO4-. The number of ether oxygens (including phenoxy) is 1. The van der Waals surface area contributed by atoms with E-state index in [1.54, 1.807) is 6.07 Å². The number of halogens is 1. The first-order chi connectivity index (χ1) is 12.0. The van der Waals surface area contributed by atoms with Gasteiger partial charge in [0, 0.05) is 10.6 Å². The highest BCUT2D eigenvalue weighted by Gasteiger charge is 2.09. The molecule has 3 rings (SSSR count). The van der Waals surface area contributed by atoms with E-state index in [9.17, 15) is 14.7 Å². The van der Waals surface area contributed by atoms with Crippen LogP contribution in [0.2, 0.25) is 5.02 Å². The Hall–Kier alpha value is -3.05. The molecule has 0 saturated heterocycles. The van der Waals surface area contributed by atoms with Gasteiger partial charge in [-0.3, -0.25) is 4.79 Å². The van der Waals surface area contributed by atoms with E-state index in [4.69, 9.17) is 16.3 Å². The van der Waals surface area contributed by atoms with Gasteiger partial charge in [0.15, 0.2) is 6.61 Å². The molecule has 0 saturated carbocycles. The Morgan fingerprint density at radius 3 is 2.52 bits per heavy atom. The Morgan fingerprint density at radius 2 is 1.76 bits per heavy atom. The number of carboxylic acid groups (broad SMARTS) is 1. The first-order valence-corrected chi connectivity index (χ1v) is 7.83. The van der Waals surface area contributed by atoms with E-state index in [0.717, 1.165) is 10.8 Å². The lowest BCUT2D eigenvalue weighted by molar-refractivity contribution is -0.254. The molecule has 126 valence electrons. The fourth-order valence-corrected chi connectivity index (χ4v) is 2.56. The number of carbonyl (C=O) groups is 2. The number of hydrogen-bond donors (Lipinski definition) is 1. The quantitative estimate of drug-likeness (QED) is 0.764. The molecule has 0 unspecified atom stereocenters. The van der Waals surface area contributed by atoms with Crippen molar-refractivity contribution in [1.82, 2.24) is 0 Å². The monoisotopic (exact) mass is 354 g/mol. The van der Waals surface area contributed by atoms with Crippen LogP contribution in [-0.2, 0) is 4.79 Å². The molecule has 25 heavy (non-hydrogen) atoms. The van der Waals surface area contributed by atoms with Crippen LogP contribution in [0, 0.1) is 0 Å². The van der Waals surface area contributed by atoms with Crippen LogP contribution in [0.4, 0.5) is 5.69 Å². The van der Waals surface area contributed by atoms with Gasteiger partial charge >= 0.3 is 0 Å². The maximum atomic E-state index is 12.0. The van der Waals surface area contributed by atoms with Gasteiger partial charge in [0.05, 0.1) is 11.7 Å². The van der Waals surface area contributed by atoms with Gasteiger partial charge in [0.2, 0.25) is 0 Å². The minimum absolute atomic E-state index is 0.108. The van der Waals surface area contributed by atoms with Crippen LogP contribution in [-0.4, -0.2) is 18.5 Å². The van der Waals surface area contributed by atoms with Crippen LogP contribution in [0.25, 0.3) is 10.8 Å². The van der Waals surface area contributed by atoms with Crippen LogP contribution in [0.15, 0.2) is 60.7 Å². The number of nitrogens with one attached hydrogen (secondary N) is 1. The van der Waals surface area contributed by atoms with Gasteiger partial charge < -0.3 is 20.0 Å². The van der Waals surface area contributed by atoms with Gasteiger partial charge in [-0.15, -0.1) is 0 Å². The molecule has 1 amide bonds. The summed E-state index contributed by atoms with van der Waals surface area (Å²) in [4.78, 5) is 23.1. The van der Waals surface area contributed by atoms with Crippen LogP contribution in [0.1, 0.15) is 10.4 Å². The Morgan fingerprint density at radius 1 is 1.00 bits per heavy atom. The first kappa shape index (κ1) is 16.8. The number of fused-ring (bicyclic) bond motifs is 1. The minimum Gasteiger partial charge on any atom is -0.545 e. The molecule has 6 heteroatoms. The van der Waals surface area contributed by atoms with E-state index in [-0.39, 0.29) is 22.9 Å². The zero-order valence-corrected chi connectivity index (χ0v) is 13.7. The van der Waals surface area contributed by atoms with Crippen molar-refractivity contribution >= 4 is 39.9 Å². The van der Waals surface area contributed by atoms with Gasteiger partial charge in [-0.1, -0.05) is 41.9 Å². The van der Waals surface area contributed by atoms with E-state index in [2.05, 4.69) is 5.32 Å². The van der Waals surface area contributed by atoms with Gasteiger partial charge in [0.25, 0.3) is 5.91 Å². The SMILES string of the molecule is O=C(COc1ccc2ccccc2c1)Nc1ccc(Cl)cc1C(=O)[O-]. The van der Waals surface area contributed by atoms with Gasteiger partial charge in [-0.25, -0.2) is 0 Å². The number of aromatic carboxylic acids is 1. The molecule has 3 aromatic rings. The molecule has 0 aromatic heterocycles. The molecular weight excluding hydrogens is 342 g/mol.